The quantitative estimate of drug-likeness (QED) is 0.802. The van der Waals surface area contributed by atoms with Crippen molar-refractivity contribution in [1.82, 2.24) is 0 Å². The van der Waals surface area contributed by atoms with Crippen LogP contribution in [-0.2, 0) is 0 Å². The molecule has 1 N–H and O–H groups in total. The molecule has 3 rings (SSSR count). The zero-order valence-electron chi connectivity index (χ0n) is 10.5. The molecular weight excluding hydrogens is 220 g/mol. The van der Waals surface area contributed by atoms with Gasteiger partial charge in [-0.05, 0) is 29.9 Å². The number of rotatable bonds is 2. The predicted molar refractivity (Wildman–Crippen MR) is 74.8 cm³/mol. The molecule has 1 saturated carbocycles. The Morgan fingerprint density at radius 2 is 1.56 bits per heavy atom. The number of benzene rings is 2. The number of para-hydroxylation sites is 1. The highest BCUT2D eigenvalue weighted by molar-refractivity contribution is 5.72. The maximum atomic E-state index is 10.5. The summed E-state index contributed by atoms with van der Waals surface area (Å²) in [6, 6.07) is 16.3. The molecule has 2 aromatic carbocycles. The zero-order chi connectivity index (χ0) is 12.4. The molecule has 0 atom stereocenters. The number of phenols is 1. The van der Waals surface area contributed by atoms with E-state index >= 15 is 0 Å². The highest BCUT2D eigenvalue weighted by Gasteiger charge is 2.21. The average molecular weight is 238 g/mol. The van der Waals surface area contributed by atoms with Crippen LogP contribution in [-0.4, -0.2) is 5.11 Å². The Labute approximate surface area is 108 Å². The van der Waals surface area contributed by atoms with Gasteiger partial charge in [0.1, 0.15) is 5.75 Å². The highest BCUT2D eigenvalue weighted by Crippen LogP contribution is 2.42. The second kappa shape index (κ2) is 4.85. The molecule has 0 bridgehead atoms. The van der Waals surface area contributed by atoms with Gasteiger partial charge < -0.3 is 5.11 Å². The molecule has 0 heterocycles. The minimum absolute atomic E-state index is 0.482. The van der Waals surface area contributed by atoms with Crippen LogP contribution in [0.1, 0.15) is 37.2 Å². The molecule has 1 fully saturated rings. The molecule has 0 saturated heterocycles. The highest BCUT2D eigenvalue weighted by atomic mass is 16.3. The standard InChI is InChI=1S/C17H18O/c18-17-15(13-7-2-1-3-8-13)11-6-12-16(17)14-9-4-5-10-14/h1-3,6-8,11-12,14,18H,4-5,9-10H2. The van der Waals surface area contributed by atoms with Gasteiger partial charge in [-0.1, -0.05) is 61.4 Å². The summed E-state index contributed by atoms with van der Waals surface area (Å²) in [4.78, 5) is 0. The maximum Gasteiger partial charge on any atom is 0.126 e. The molecule has 0 unspecified atom stereocenters. The fraction of sp³-hybridized carbons (Fsp3) is 0.294. The molecule has 0 aliphatic heterocycles. The van der Waals surface area contributed by atoms with Crippen LogP contribution in [0.5, 0.6) is 5.75 Å². The Morgan fingerprint density at radius 3 is 2.28 bits per heavy atom. The van der Waals surface area contributed by atoms with E-state index in [4.69, 9.17) is 0 Å². The molecule has 1 heteroatoms. The number of phenolic OH excluding ortho intramolecular Hbond substituents is 1. The van der Waals surface area contributed by atoms with Gasteiger partial charge in [0, 0.05) is 5.56 Å². The van der Waals surface area contributed by atoms with Crippen LogP contribution in [0.25, 0.3) is 11.1 Å². The summed E-state index contributed by atoms with van der Waals surface area (Å²) in [5, 5.41) is 10.5. The fourth-order valence-corrected chi connectivity index (χ4v) is 2.98. The summed E-state index contributed by atoms with van der Waals surface area (Å²) in [7, 11) is 0. The van der Waals surface area contributed by atoms with Crippen molar-refractivity contribution in [3.63, 3.8) is 0 Å². The Hall–Kier alpha value is -1.76. The van der Waals surface area contributed by atoms with Crippen molar-refractivity contribution in [3.8, 4) is 16.9 Å². The van der Waals surface area contributed by atoms with Crippen molar-refractivity contribution >= 4 is 0 Å². The van der Waals surface area contributed by atoms with Crippen molar-refractivity contribution < 1.29 is 5.11 Å². The third-order valence-corrected chi connectivity index (χ3v) is 3.95. The first-order chi connectivity index (χ1) is 8.86. The second-order valence-corrected chi connectivity index (χ2v) is 5.09. The van der Waals surface area contributed by atoms with Crippen molar-refractivity contribution in [2.24, 2.45) is 0 Å². The Morgan fingerprint density at radius 1 is 0.833 bits per heavy atom. The SMILES string of the molecule is Oc1c(-c2ccccc2)cccc1C1CCCC1. The first-order valence-electron chi connectivity index (χ1n) is 6.73. The number of hydrogen-bond donors (Lipinski definition) is 1. The molecular formula is C17H18O. The van der Waals surface area contributed by atoms with E-state index in [9.17, 15) is 5.11 Å². The van der Waals surface area contributed by atoms with Gasteiger partial charge >= 0.3 is 0 Å². The van der Waals surface area contributed by atoms with Crippen LogP contribution in [0.3, 0.4) is 0 Å². The lowest BCUT2D eigenvalue weighted by molar-refractivity contribution is 0.463. The van der Waals surface area contributed by atoms with Crippen LogP contribution in [0.2, 0.25) is 0 Å². The van der Waals surface area contributed by atoms with Gasteiger partial charge in [0.05, 0.1) is 0 Å². The van der Waals surface area contributed by atoms with Gasteiger partial charge in [-0.25, -0.2) is 0 Å². The molecule has 1 aliphatic carbocycles. The fourth-order valence-electron chi connectivity index (χ4n) is 2.98. The molecule has 1 aliphatic rings. The van der Waals surface area contributed by atoms with Crippen molar-refractivity contribution in [2.75, 3.05) is 0 Å². The molecule has 0 radical (unpaired) electrons. The van der Waals surface area contributed by atoms with E-state index in [-0.39, 0.29) is 0 Å². The third kappa shape index (κ3) is 2.01. The van der Waals surface area contributed by atoms with Crippen LogP contribution in [0, 0.1) is 0 Å². The molecule has 92 valence electrons. The van der Waals surface area contributed by atoms with E-state index in [1.807, 2.05) is 36.4 Å². The molecule has 2 aromatic rings. The summed E-state index contributed by atoms with van der Waals surface area (Å²) < 4.78 is 0. The van der Waals surface area contributed by atoms with E-state index < -0.39 is 0 Å². The third-order valence-electron chi connectivity index (χ3n) is 3.95. The predicted octanol–water partition coefficient (Wildman–Crippen LogP) is 4.72. The summed E-state index contributed by atoms with van der Waals surface area (Å²) in [5.41, 5.74) is 3.18. The number of hydrogen-bond acceptors (Lipinski definition) is 1. The molecule has 0 amide bonds. The lowest BCUT2D eigenvalue weighted by Gasteiger charge is -2.14. The molecule has 0 spiro atoms. The normalized spacial score (nSPS) is 16.0. The monoisotopic (exact) mass is 238 g/mol. The van der Waals surface area contributed by atoms with Gasteiger partial charge in [0.25, 0.3) is 0 Å². The zero-order valence-corrected chi connectivity index (χ0v) is 10.5. The van der Waals surface area contributed by atoms with E-state index in [1.165, 1.54) is 25.7 Å². The molecule has 0 aromatic heterocycles. The van der Waals surface area contributed by atoms with Crippen LogP contribution in [0.4, 0.5) is 0 Å². The van der Waals surface area contributed by atoms with Crippen molar-refractivity contribution in [2.45, 2.75) is 31.6 Å². The van der Waals surface area contributed by atoms with E-state index in [0.717, 1.165) is 16.7 Å². The Bertz CT molecular complexity index is 525. The minimum atomic E-state index is 0.482. The summed E-state index contributed by atoms with van der Waals surface area (Å²) in [6.07, 6.45) is 5.01. The Balaban J connectivity index is 2.04. The molecule has 1 nitrogen and oxygen atoms in total. The topological polar surface area (TPSA) is 20.2 Å². The summed E-state index contributed by atoms with van der Waals surface area (Å²) in [6.45, 7) is 0. The van der Waals surface area contributed by atoms with Gasteiger partial charge in [-0.15, -0.1) is 0 Å². The minimum Gasteiger partial charge on any atom is -0.507 e. The maximum absolute atomic E-state index is 10.5. The van der Waals surface area contributed by atoms with Crippen molar-refractivity contribution in [1.29, 1.82) is 0 Å². The van der Waals surface area contributed by atoms with E-state index in [0.29, 0.717) is 11.7 Å². The molecule has 18 heavy (non-hydrogen) atoms. The average Bonchev–Trinajstić information content (AvgIpc) is 2.94. The van der Waals surface area contributed by atoms with Crippen LogP contribution < -0.4 is 0 Å². The largest absolute Gasteiger partial charge is 0.507 e. The van der Waals surface area contributed by atoms with Crippen molar-refractivity contribution in [3.05, 3.63) is 54.1 Å². The van der Waals surface area contributed by atoms with Gasteiger partial charge in [-0.2, -0.15) is 0 Å². The van der Waals surface area contributed by atoms with Gasteiger partial charge in [0.2, 0.25) is 0 Å². The van der Waals surface area contributed by atoms with Gasteiger partial charge in [-0.3, -0.25) is 0 Å². The summed E-state index contributed by atoms with van der Waals surface area (Å²) in [5.74, 6) is 1.03. The Kier molecular flexibility index (Phi) is 3.06. The summed E-state index contributed by atoms with van der Waals surface area (Å²) >= 11 is 0. The smallest absolute Gasteiger partial charge is 0.126 e. The first-order valence-corrected chi connectivity index (χ1v) is 6.73. The van der Waals surface area contributed by atoms with Crippen LogP contribution >= 0.6 is 0 Å². The van der Waals surface area contributed by atoms with Gasteiger partial charge in [0.15, 0.2) is 0 Å². The number of aromatic hydroxyl groups is 1. The van der Waals surface area contributed by atoms with Crippen LogP contribution in [0.15, 0.2) is 48.5 Å². The lowest BCUT2D eigenvalue weighted by Crippen LogP contribution is -1.94. The lowest BCUT2D eigenvalue weighted by atomic mass is 9.92. The first kappa shape index (κ1) is 11.3. The van der Waals surface area contributed by atoms with E-state index in [2.05, 4.69) is 12.1 Å². The van der Waals surface area contributed by atoms with E-state index in [1.54, 1.807) is 0 Å². The second-order valence-electron chi connectivity index (χ2n) is 5.09.